The lowest BCUT2D eigenvalue weighted by molar-refractivity contribution is -0.138. The summed E-state index contributed by atoms with van der Waals surface area (Å²) < 4.78 is 1.68. The van der Waals surface area contributed by atoms with Crippen LogP contribution in [0, 0.1) is 6.92 Å². The van der Waals surface area contributed by atoms with Crippen LogP contribution in [0.3, 0.4) is 0 Å². The van der Waals surface area contributed by atoms with Gasteiger partial charge >= 0.3 is 0 Å². The molecule has 1 unspecified atom stereocenters. The van der Waals surface area contributed by atoms with Gasteiger partial charge in [-0.15, -0.1) is 5.10 Å². The smallest absolute Gasteiger partial charge is 0.250 e. The summed E-state index contributed by atoms with van der Waals surface area (Å²) in [4.78, 5) is 44.6. The molecule has 5 rings (SSSR count). The Morgan fingerprint density at radius 1 is 1.08 bits per heavy atom. The van der Waals surface area contributed by atoms with Gasteiger partial charge < -0.3 is 25.8 Å². The molecule has 11 nitrogen and oxygen atoms in total. The van der Waals surface area contributed by atoms with E-state index in [1.807, 2.05) is 37.3 Å². The number of carbonyl (C=O) groups is 3. The minimum Gasteiger partial charge on any atom is -0.366 e. The number of nitrogens with two attached hydrogens (primary N) is 1. The predicted octanol–water partition coefficient (Wildman–Crippen LogP) is 2.77. The molecular formula is C27H26N8O3. The fraction of sp³-hybridized carbons (Fsp3) is 0.185. The highest BCUT2D eigenvalue weighted by Crippen LogP contribution is 2.27. The minimum absolute atomic E-state index is 0.0684. The van der Waals surface area contributed by atoms with Gasteiger partial charge in [0.05, 0.1) is 5.56 Å². The number of carbonyl (C=O) groups excluding carboxylic acids is 3. The molecular weight excluding hydrogens is 484 g/mol. The molecule has 0 aliphatic carbocycles. The van der Waals surface area contributed by atoms with E-state index >= 15 is 0 Å². The van der Waals surface area contributed by atoms with Crippen LogP contribution in [0.25, 0.3) is 10.9 Å². The molecule has 38 heavy (non-hydrogen) atoms. The summed E-state index contributed by atoms with van der Waals surface area (Å²) in [6, 6.07) is 13.6. The average Bonchev–Trinajstić information content (AvgIpc) is 3.27. The maximum atomic E-state index is 13.5. The number of amides is 3. The average molecular weight is 511 g/mol. The normalized spacial score (nSPS) is 14.9. The van der Waals surface area contributed by atoms with Gasteiger partial charge in [0, 0.05) is 41.2 Å². The lowest BCUT2D eigenvalue weighted by Gasteiger charge is -2.32. The summed E-state index contributed by atoms with van der Waals surface area (Å²) >= 11 is 0. The Balaban J connectivity index is 1.38. The van der Waals surface area contributed by atoms with Gasteiger partial charge in [0.15, 0.2) is 5.82 Å². The maximum absolute atomic E-state index is 13.5. The van der Waals surface area contributed by atoms with E-state index in [0.717, 1.165) is 5.69 Å². The van der Waals surface area contributed by atoms with Crippen LogP contribution in [0.2, 0.25) is 0 Å². The molecule has 0 fully saturated rings. The quantitative estimate of drug-likeness (QED) is 0.324. The van der Waals surface area contributed by atoms with E-state index < -0.39 is 11.9 Å². The molecule has 4 N–H and O–H groups in total. The largest absolute Gasteiger partial charge is 0.366 e. The van der Waals surface area contributed by atoms with Crippen molar-refractivity contribution in [3.8, 4) is 0 Å². The molecule has 0 radical (unpaired) electrons. The molecule has 3 amide bonds. The zero-order chi connectivity index (χ0) is 26.6. The summed E-state index contributed by atoms with van der Waals surface area (Å²) in [5.41, 5.74) is 8.07. The van der Waals surface area contributed by atoms with Gasteiger partial charge in [-0.25, -0.2) is 4.98 Å². The number of fused-ring (bicyclic) bond motifs is 1. The molecule has 1 aliphatic heterocycles. The number of pyridine rings is 1. The highest BCUT2D eigenvalue weighted by atomic mass is 16.2. The van der Waals surface area contributed by atoms with Gasteiger partial charge in [-0.2, -0.15) is 5.10 Å². The lowest BCUT2D eigenvalue weighted by atomic mass is 10.1. The van der Waals surface area contributed by atoms with Gasteiger partial charge in [-0.05, 0) is 55.8 Å². The Morgan fingerprint density at radius 3 is 2.68 bits per heavy atom. The van der Waals surface area contributed by atoms with E-state index in [0.29, 0.717) is 41.2 Å². The Morgan fingerprint density at radius 2 is 1.92 bits per heavy atom. The first-order valence-electron chi connectivity index (χ1n) is 12.1. The van der Waals surface area contributed by atoms with Crippen LogP contribution in [0.5, 0.6) is 0 Å². The summed E-state index contributed by atoms with van der Waals surface area (Å²) in [5, 5.41) is 14.4. The summed E-state index contributed by atoms with van der Waals surface area (Å²) in [7, 11) is 0. The fourth-order valence-electron chi connectivity index (χ4n) is 4.47. The summed E-state index contributed by atoms with van der Waals surface area (Å²) in [6.07, 6.45) is 7.28. The number of nitrogens with one attached hydrogen (secondary N) is 2. The van der Waals surface area contributed by atoms with Crippen LogP contribution in [0.1, 0.15) is 22.5 Å². The second kappa shape index (κ2) is 10.5. The number of hydrogen-bond donors (Lipinski definition) is 3. The van der Waals surface area contributed by atoms with Crippen LogP contribution in [-0.4, -0.2) is 55.0 Å². The standard InChI is InChI=1S/C27H26N8O3/c1-17-6-4-8-23(30-17)32-27(38)22-7-2-3-13-35(22)25(36)16-34-15-20(26(28)37)19-14-18(10-11-21(19)34)31-24-9-5-12-29-33-24/h2-6,8-12,14-15,22H,7,13,16H2,1H3,(H2,28,37)(H,31,33)(H,30,32,38). The highest BCUT2D eigenvalue weighted by molar-refractivity contribution is 6.07. The molecule has 0 saturated carbocycles. The monoisotopic (exact) mass is 510 g/mol. The second-order valence-corrected chi connectivity index (χ2v) is 8.92. The second-order valence-electron chi connectivity index (χ2n) is 8.92. The molecule has 11 heteroatoms. The third-order valence-corrected chi connectivity index (χ3v) is 6.26. The first-order valence-corrected chi connectivity index (χ1v) is 12.1. The van der Waals surface area contributed by atoms with Gasteiger partial charge in [0.1, 0.15) is 18.4 Å². The van der Waals surface area contributed by atoms with Crippen molar-refractivity contribution in [1.29, 1.82) is 0 Å². The SMILES string of the molecule is Cc1cccc(NC(=O)C2CC=CCN2C(=O)Cn2cc(C(N)=O)c3cc(Nc4cccnn4)ccc32)n1. The fourth-order valence-corrected chi connectivity index (χ4v) is 4.47. The van der Waals surface area contributed by atoms with Gasteiger partial charge in [0.2, 0.25) is 11.8 Å². The van der Waals surface area contributed by atoms with Crippen molar-refractivity contribution in [2.75, 3.05) is 17.2 Å². The molecule has 1 aliphatic rings. The number of anilines is 3. The molecule has 0 spiro atoms. The highest BCUT2D eigenvalue weighted by Gasteiger charge is 2.31. The van der Waals surface area contributed by atoms with Crippen molar-refractivity contribution in [3.05, 3.63) is 84.3 Å². The lowest BCUT2D eigenvalue weighted by Crippen LogP contribution is -2.49. The van der Waals surface area contributed by atoms with E-state index in [4.69, 9.17) is 5.73 Å². The number of rotatable bonds is 7. The van der Waals surface area contributed by atoms with Crippen molar-refractivity contribution in [1.82, 2.24) is 24.6 Å². The number of aryl methyl sites for hydroxylation is 1. The first kappa shape index (κ1) is 24.6. The molecule has 4 heterocycles. The zero-order valence-corrected chi connectivity index (χ0v) is 20.7. The minimum atomic E-state index is -0.685. The Labute approximate surface area is 218 Å². The number of hydrogen-bond acceptors (Lipinski definition) is 7. The Bertz CT molecular complexity index is 1550. The molecule has 0 saturated heterocycles. The van der Waals surface area contributed by atoms with E-state index in [2.05, 4.69) is 25.8 Å². The van der Waals surface area contributed by atoms with Crippen LogP contribution < -0.4 is 16.4 Å². The zero-order valence-electron chi connectivity index (χ0n) is 20.7. The van der Waals surface area contributed by atoms with Crippen LogP contribution in [0.15, 0.2) is 73.1 Å². The summed E-state index contributed by atoms with van der Waals surface area (Å²) in [6.45, 7) is 2.07. The molecule has 0 bridgehead atoms. The van der Waals surface area contributed by atoms with Gasteiger partial charge in [0.25, 0.3) is 5.91 Å². The van der Waals surface area contributed by atoms with E-state index in [-0.39, 0.29) is 23.9 Å². The van der Waals surface area contributed by atoms with Crippen molar-refractivity contribution < 1.29 is 14.4 Å². The number of benzene rings is 1. The van der Waals surface area contributed by atoms with E-state index in [1.54, 1.807) is 47.3 Å². The molecule has 4 aromatic rings. The van der Waals surface area contributed by atoms with E-state index in [9.17, 15) is 14.4 Å². The first-order chi connectivity index (χ1) is 18.4. The van der Waals surface area contributed by atoms with Crippen LogP contribution in [-0.2, 0) is 16.1 Å². The van der Waals surface area contributed by atoms with Crippen molar-refractivity contribution in [2.45, 2.75) is 25.9 Å². The molecule has 1 aromatic carbocycles. The topological polar surface area (TPSA) is 148 Å². The van der Waals surface area contributed by atoms with Crippen molar-refractivity contribution in [3.63, 3.8) is 0 Å². The van der Waals surface area contributed by atoms with Gasteiger partial charge in [-0.3, -0.25) is 14.4 Å². The summed E-state index contributed by atoms with van der Waals surface area (Å²) in [5.74, 6) is -0.200. The molecule has 192 valence electrons. The van der Waals surface area contributed by atoms with Gasteiger partial charge in [-0.1, -0.05) is 18.2 Å². The van der Waals surface area contributed by atoms with Crippen molar-refractivity contribution >= 4 is 45.9 Å². The van der Waals surface area contributed by atoms with Crippen molar-refractivity contribution in [2.24, 2.45) is 5.73 Å². The number of primary amides is 1. The number of aromatic nitrogens is 4. The number of nitrogens with zero attached hydrogens (tertiary/aromatic N) is 5. The maximum Gasteiger partial charge on any atom is 0.250 e. The predicted molar refractivity (Wildman–Crippen MR) is 143 cm³/mol. The Hall–Kier alpha value is -5.06. The van der Waals surface area contributed by atoms with Crippen LogP contribution in [0.4, 0.5) is 17.3 Å². The Kier molecular flexibility index (Phi) is 6.81. The molecule has 3 aromatic heterocycles. The van der Waals surface area contributed by atoms with E-state index in [1.165, 1.54) is 4.90 Å². The molecule has 1 atom stereocenters. The van der Waals surface area contributed by atoms with Crippen LogP contribution >= 0.6 is 0 Å². The third-order valence-electron chi connectivity index (χ3n) is 6.26. The third kappa shape index (κ3) is 5.21.